The highest BCUT2D eigenvalue weighted by Crippen LogP contribution is 2.31. The smallest absolute Gasteiger partial charge is 0.00205 e. The third-order valence-corrected chi connectivity index (χ3v) is 1.16. The van der Waals surface area contributed by atoms with E-state index in [4.69, 9.17) is 0 Å². The van der Waals surface area contributed by atoms with Gasteiger partial charge in [-0.05, 0) is 17.6 Å². The van der Waals surface area contributed by atoms with Gasteiger partial charge in [0, 0.05) is 0 Å². The molecule has 36 valence electrons. The minimum Gasteiger partial charge on any atom is -0.0988 e. The maximum Gasteiger partial charge on any atom is -0.00205 e. The van der Waals surface area contributed by atoms with Crippen molar-refractivity contribution in [1.29, 1.82) is 0 Å². The van der Waals surface area contributed by atoms with Crippen LogP contribution >= 0.6 is 0 Å². The molecule has 0 aromatic carbocycles. The van der Waals surface area contributed by atoms with E-state index in [1.165, 1.54) is 11.1 Å². The number of allylic oxidation sites excluding steroid dienone is 4. The molecule has 7 heavy (non-hydrogen) atoms. The SMILES string of the molecule is C=CC1=C(C=C)C1. The molecule has 0 radical (unpaired) electrons. The van der Waals surface area contributed by atoms with Gasteiger partial charge in [-0.25, -0.2) is 0 Å². The molecule has 0 aromatic rings. The average Bonchev–Trinajstić information content (AvgIpc) is 2.43. The van der Waals surface area contributed by atoms with Crippen LogP contribution in [0.25, 0.3) is 0 Å². The summed E-state index contributed by atoms with van der Waals surface area (Å²) in [5.74, 6) is 0. The molecule has 0 nitrogen and oxygen atoms in total. The van der Waals surface area contributed by atoms with Crippen molar-refractivity contribution < 1.29 is 0 Å². The van der Waals surface area contributed by atoms with Gasteiger partial charge in [-0.2, -0.15) is 0 Å². The van der Waals surface area contributed by atoms with E-state index in [-0.39, 0.29) is 0 Å². The monoisotopic (exact) mass is 92.1 g/mol. The highest BCUT2D eigenvalue weighted by molar-refractivity contribution is 5.48. The topological polar surface area (TPSA) is 0 Å². The summed E-state index contributed by atoms with van der Waals surface area (Å²) < 4.78 is 0. The Morgan fingerprint density at radius 3 is 1.71 bits per heavy atom. The summed E-state index contributed by atoms with van der Waals surface area (Å²) in [5, 5.41) is 0. The van der Waals surface area contributed by atoms with Gasteiger partial charge in [0.05, 0.1) is 0 Å². The van der Waals surface area contributed by atoms with Crippen LogP contribution in [0.15, 0.2) is 36.5 Å². The number of hydrogen-bond acceptors (Lipinski definition) is 0. The summed E-state index contributed by atoms with van der Waals surface area (Å²) >= 11 is 0. The molecule has 0 N–H and O–H groups in total. The van der Waals surface area contributed by atoms with Gasteiger partial charge < -0.3 is 0 Å². The molecule has 0 amide bonds. The first-order chi connectivity index (χ1) is 3.38. The lowest BCUT2D eigenvalue weighted by Gasteiger charge is -1.59. The minimum atomic E-state index is 1.12. The van der Waals surface area contributed by atoms with Gasteiger partial charge in [-0.3, -0.25) is 0 Å². The van der Waals surface area contributed by atoms with Gasteiger partial charge in [-0.1, -0.05) is 25.3 Å². The first kappa shape index (κ1) is 4.38. The van der Waals surface area contributed by atoms with Crippen molar-refractivity contribution in [2.45, 2.75) is 6.42 Å². The Kier molecular flexibility index (Phi) is 0.861. The summed E-state index contributed by atoms with van der Waals surface area (Å²) in [6.07, 6.45) is 4.89. The molecule has 0 unspecified atom stereocenters. The fourth-order valence-electron chi connectivity index (χ4n) is 0.568. The zero-order valence-electron chi connectivity index (χ0n) is 4.28. The van der Waals surface area contributed by atoms with Crippen molar-refractivity contribution in [2.75, 3.05) is 0 Å². The van der Waals surface area contributed by atoms with E-state index in [1.807, 2.05) is 12.2 Å². The Bertz CT molecular complexity index is 122. The van der Waals surface area contributed by atoms with Crippen LogP contribution in [-0.4, -0.2) is 0 Å². The van der Waals surface area contributed by atoms with Crippen molar-refractivity contribution in [1.82, 2.24) is 0 Å². The maximum absolute atomic E-state index is 3.62. The fourth-order valence-corrected chi connectivity index (χ4v) is 0.568. The van der Waals surface area contributed by atoms with E-state index in [2.05, 4.69) is 13.2 Å². The van der Waals surface area contributed by atoms with Crippen molar-refractivity contribution in [2.24, 2.45) is 0 Å². The molecule has 0 saturated heterocycles. The standard InChI is InChI=1S/C7H8/c1-3-6-5-7(6)4-2/h3-4H,1-2,5H2. The van der Waals surface area contributed by atoms with E-state index < -0.39 is 0 Å². The van der Waals surface area contributed by atoms with Gasteiger partial charge in [0.15, 0.2) is 0 Å². The third kappa shape index (κ3) is 0.637. The molecule has 1 aliphatic carbocycles. The van der Waals surface area contributed by atoms with E-state index in [1.54, 1.807) is 0 Å². The lowest BCUT2D eigenvalue weighted by Crippen LogP contribution is -1.38. The Hall–Kier alpha value is -0.780. The molecule has 0 bridgehead atoms. The van der Waals surface area contributed by atoms with Crippen molar-refractivity contribution in [3.05, 3.63) is 36.5 Å². The second kappa shape index (κ2) is 1.38. The van der Waals surface area contributed by atoms with Gasteiger partial charge in [0.1, 0.15) is 0 Å². The molecular formula is C7H8. The minimum absolute atomic E-state index is 1.12. The first-order valence-electron chi connectivity index (χ1n) is 2.35. The highest BCUT2D eigenvalue weighted by Gasteiger charge is 2.12. The molecular weight excluding hydrogens is 84.1 g/mol. The molecule has 0 heterocycles. The fraction of sp³-hybridized carbons (Fsp3) is 0.143. The van der Waals surface area contributed by atoms with Gasteiger partial charge in [0.25, 0.3) is 0 Å². The first-order valence-corrected chi connectivity index (χ1v) is 2.35. The van der Waals surface area contributed by atoms with Crippen LogP contribution in [0.2, 0.25) is 0 Å². The lowest BCUT2D eigenvalue weighted by molar-refractivity contribution is 1.55. The molecule has 1 aliphatic rings. The largest absolute Gasteiger partial charge is 0.0988 e. The molecule has 0 heteroatoms. The van der Waals surface area contributed by atoms with E-state index >= 15 is 0 Å². The second-order valence-corrected chi connectivity index (χ2v) is 1.64. The molecule has 0 spiro atoms. The van der Waals surface area contributed by atoms with Crippen molar-refractivity contribution >= 4 is 0 Å². The number of hydrogen-bond donors (Lipinski definition) is 0. The van der Waals surface area contributed by atoms with E-state index in [0.717, 1.165) is 6.42 Å². The molecule has 0 aromatic heterocycles. The quantitative estimate of drug-likeness (QED) is 0.489. The third-order valence-electron chi connectivity index (χ3n) is 1.16. The van der Waals surface area contributed by atoms with Crippen LogP contribution in [0, 0.1) is 0 Å². The molecule has 0 fully saturated rings. The molecule has 0 saturated carbocycles. The van der Waals surface area contributed by atoms with Crippen molar-refractivity contribution in [3.8, 4) is 0 Å². The normalized spacial score (nSPS) is 16.6. The number of rotatable bonds is 2. The molecule has 0 aliphatic heterocycles. The van der Waals surface area contributed by atoms with Gasteiger partial charge >= 0.3 is 0 Å². The molecule has 1 rings (SSSR count). The van der Waals surface area contributed by atoms with Crippen LogP contribution in [0.5, 0.6) is 0 Å². The average molecular weight is 92.1 g/mol. The summed E-state index contributed by atoms with van der Waals surface area (Å²) in [7, 11) is 0. The Morgan fingerprint density at radius 1 is 1.14 bits per heavy atom. The molecule has 0 atom stereocenters. The van der Waals surface area contributed by atoms with E-state index in [9.17, 15) is 0 Å². The van der Waals surface area contributed by atoms with Crippen LogP contribution in [0.1, 0.15) is 6.42 Å². The second-order valence-electron chi connectivity index (χ2n) is 1.64. The zero-order valence-corrected chi connectivity index (χ0v) is 4.28. The predicted molar refractivity (Wildman–Crippen MR) is 32.0 cm³/mol. The maximum atomic E-state index is 3.62. The van der Waals surface area contributed by atoms with Crippen molar-refractivity contribution in [3.63, 3.8) is 0 Å². The van der Waals surface area contributed by atoms with Crippen LogP contribution in [-0.2, 0) is 0 Å². The Balaban J connectivity index is 2.63. The predicted octanol–water partition coefficient (Wildman–Crippen LogP) is 2.06. The lowest BCUT2D eigenvalue weighted by atomic mass is 10.5. The Labute approximate surface area is 43.9 Å². The van der Waals surface area contributed by atoms with E-state index in [0.29, 0.717) is 0 Å². The summed E-state index contributed by atoms with van der Waals surface area (Å²) in [6.45, 7) is 7.23. The van der Waals surface area contributed by atoms with Gasteiger partial charge in [-0.15, -0.1) is 0 Å². The van der Waals surface area contributed by atoms with Crippen LogP contribution in [0.4, 0.5) is 0 Å². The summed E-state index contributed by atoms with van der Waals surface area (Å²) in [4.78, 5) is 0. The van der Waals surface area contributed by atoms with Gasteiger partial charge in [0.2, 0.25) is 0 Å². The van der Waals surface area contributed by atoms with Crippen LogP contribution in [0.3, 0.4) is 0 Å². The summed E-state index contributed by atoms with van der Waals surface area (Å²) in [5.41, 5.74) is 2.71. The summed E-state index contributed by atoms with van der Waals surface area (Å²) in [6, 6.07) is 0. The Morgan fingerprint density at radius 2 is 1.57 bits per heavy atom. The van der Waals surface area contributed by atoms with Crippen LogP contribution < -0.4 is 0 Å². The zero-order chi connectivity index (χ0) is 5.28. The highest BCUT2D eigenvalue weighted by atomic mass is 14.2.